The van der Waals surface area contributed by atoms with E-state index in [2.05, 4.69) is 9.97 Å². The Morgan fingerprint density at radius 3 is 2.64 bits per heavy atom. The zero-order valence-electron chi connectivity index (χ0n) is 12.5. The molecule has 1 heterocycles. The van der Waals surface area contributed by atoms with E-state index in [0.29, 0.717) is 27.2 Å². The SMILES string of the molecule is Nc1nc(-c2ccc(Cl)c(Cl)c2OCC(=O)O)c2cc(Cl)ccc2n1. The zero-order valence-corrected chi connectivity index (χ0v) is 14.7. The normalized spacial score (nSPS) is 10.8. The Hall–Kier alpha value is -2.28. The van der Waals surface area contributed by atoms with Gasteiger partial charge in [-0.25, -0.2) is 14.8 Å². The molecule has 0 saturated carbocycles. The van der Waals surface area contributed by atoms with Crippen LogP contribution in [0.3, 0.4) is 0 Å². The molecule has 6 nitrogen and oxygen atoms in total. The van der Waals surface area contributed by atoms with E-state index in [1.807, 2.05) is 0 Å². The van der Waals surface area contributed by atoms with E-state index >= 15 is 0 Å². The largest absolute Gasteiger partial charge is 0.480 e. The van der Waals surface area contributed by atoms with Gasteiger partial charge in [0.05, 0.1) is 16.2 Å². The molecule has 0 atom stereocenters. The monoisotopic (exact) mass is 397 g/mol. The van der Waals surface area contributed by atoms with E-state index in [-0.39, 0.29) is 21.7 Å². The predicted molar refractivity (Wildman–Crippen MR) is 97.5 cm³/mol. The smallest absolute Gasteiger partial charge is 0.341 e. The summed E-state index contributed by atoms with van der Waals surface area (Å²) in [6.07, 6.45) is 0. The van der Waals surface area contributed by atoms with Crippen molar-refractivity contribution in [2.24, 2.45) is 0 Å². The predicted octanol–water partition coefficient (Wildman–Crippen LogP) is 4.30. The second-order valence-electron chi connectivity index (χ2n) is 5.01. The van der Waals surface area contributed by atoms with E-state index in [1.54, 1.807) is 30.3 Å². The van der Waals surface area contributed by atoms with Crippen molar-refractivity contribution in [3.8, 4) is 17.0 Å². The van der Waals surface area contributed by atoms with Gasteiger partial charge in [-0.1, -0.05) is 34.8 Å². The van der Waals surface area contributed by atoms with Gasteiger partial charge < -0.3 is 15.6 Å². The summed E-state index contributed by atoms with van der Waals surface area (Å²) in [5.74, 6) is -1.02. The number of halogens is 3. The molecule has 0 aliphatic heterocycles. The third-order valence-electron chi connectivity index (χ3n) is 3.32. The highest BCUT2D eigenvalue weighted by molar-refractivity contribution is 6.43. The van der Waals surface area contributed by atoms with Crippen molar-refractivity contribution in [1.82, 2.24) is 9.97 Å². The van der Waals surface area contributed by atoms with E-state index in [4.69, 9.17) is 50.4 Å². The summed E-state index contributed by atoms with van der Waals surface area (Å²) in [6, 6.07) is 8.23. The van der Waals surface area contributed by atoms with Gasteiger partial charge in [-0.3, -0.25) is 0 Å². The maximum atomic E-state index is 10.9. The number of hydrogen-bond donors (Lipinski definition) is 2. The number of hydrogen-bond acceptors (Lipinski definition) is 5. The molecular formula is C16H10Cl3N3O3. The summed E-state index contributed by atoms with van der Waals surface area (Å²) in [4.78, 5) is 19.3. The molecule has 0 spiro atoms. The molecule has 3 N–H and O–H groups in total. The summed E-state index contributed by atoms with van der Waals surface area (Å²) in [5, 5.41) is 10.3. The molecule has 25 heavy (non-hydrogen) atoms. The number of rotatable bonds is 4. The average Bonchev–Trinajstić information content (AvgIpc) is 2.56. The van der Waals surface area contributed by atoms with Crippen LogP contribution in [0.1, 0.15) is 0 Å². The molecule has 0 aliphatic rings. The number of aromatic nitrogens is 2. The Morgan fingerprint density at radius 1 is 1.16 bits per heavy atom. The van der Waals surface area contributed by atoms with Crippen molar-refractivity contribution >= 4 is 57.6 Å². The molecule has 0 fully saturated rings. The van der Waals surface area contributed by atoms with E-state index in [1.165, 1.54) is 0 Å². The van der Waals surface area contributed by atoms with Crippen LogP contribution in [0.25, 0.3) is 22.2 Å². The van der Waals surface area contributed by atoms with Crippen LogP contribution in [-0.2, 0) is 4.79 Å². The third kappa shape index (κ3) is 3.56. The minimum Gasteiger partial charge on any atom is -0.480 e. The maximum Gasteiger partial charge on any atom is 0.341 e. The molecule has 0 unspecified atom stereocenters. The number of anilines is 1. The topological polar surface area (TPSA) is 98.3 Å². The summed E-state index contributed by atoms with van der Waals surface area (Å²) in [7, 11) is 0. The molecule has 0 aliphatic carbocycles. The number of carboxylic acid groups (broad SMARTS) is 1. The van der Waals surface area contributed by atoms with Gasteiger partial charge in [0.25, 0.3) is 0 Å². The molecule has 3 rings (SSSR count). The Labute approximate surface area is 157 Å². The quantitative estimate of drug-likeness (QED) is 0.680. The number of aliphatic carboxylic acids is 1. The molecule has 0 radical (unpaired) electrons. The first-order valence-corrected chi connectivity index (χ1v) is 8.06. The highest BCUT2D eigenvalue weighted by atomic mass is 35.5. The summed E-state index contributed by atoms with van der Waals surface area (Å²) >= 11 is 18.3. The molecular weight excluding hydrogens is 389 g/mol. The van der Waals surface area contributed by atoms with Crippen molar-refractivity contribution in [2.75, 3.05) is 12.3 Å². The third-order valence-corrected chi connectivity index (χ3v) is 4.34. The van der Waals surface area contributed by atoms with Crippen molar-refractivity contribution in [2.45, 2.75) is 0 Å². The Balaban J connectivity index is 2.29. The van der Waals surface area contributed by atoms with Crippen molar-refractivity contribution in [1.29, 1.82) is 0 Å². The van der Waals surface area contributed by atoms with Crippen LogP contribution in [-0.4, -0.2) is 27.7 Å². The van der Waals surface area contributed by atoms with Gasteiger partial charge in [0, 0.05) is 16.0 Å². The molecule has 0 saturated heterocycles. The fourth-order valence-electron chi connectivity index (χ4n) is 2.32. The van der Waals surface area contributed by atoms with Crippen molar-refractivity contribution < 1.29 is 14.6 Å². The number of nitrogens with zero attached hydrogens (tertiary/aromatic N) is 2. The van der Waals surface area contributed by atoms with Gasteiger partial charge >= 0.3 is 5.97 Å². The second-order valence-corrected chi connectivity index (χ2v) is 6.23. The summed E-state index contributed by atoms with van der Waals surface area (Å²) < 4.78 is 5.33. The van der Waals surface area contributed by atoms with E-state index in [9.17, 15) is 4.79 Å². The Bertz CT molecular complexity index is 995. The lowest BCUT2D eigenvalue weighted by molar-refractivity contribution is -0.139. The zero-order chi connectivity index (χ0) is 18.1. The van der Waals surface area contributed by atoms with Crippen LogP contribution in [0.5, 0.6) is 5.75 Å². The first kappa shape index (κ1) is 17.5. The fraction of sp³-hybridized carbons (Fsp3) is 0.0625. The summed E-state index contributed by atoms with van der Waals surface area (Å²) in [5.41, 5.74) is 7.20. The lowest BCUT2D eigenvalue weighted by Gasteiger charge is -2.14. The minimum absolute atomic E-state index is 0.0417. The molecule has 128 valence electrons. The Morgan fingerprint density at radius 2 is 1.92 bits per heavy atom. The number of nitrogens with two attached hydrogens (primary N) is 1. The van der Waals surface area contributed by atoms with Gasteiger partial charge in [0.1, 0.15) is 10.8 Å². The number of ether oxygens (including phenoxy) is 1. The van der Waals surface area contributed by atoms with Gasteiger partial charge in [-0.15, -0.1) is 0 Å². The molecule has 2 aromatic carbocycles. The van der Waals surface area contributed by atoms with Crippen molar-refractivity contribution in [3.63, 3.8) is 0 Å². The average molecular weight is 399 g/mol. The first-order chi connectivity index (χ1) is 11.9. The molecule has 0 bridgehead atoms. The molecule has 0 amide bonds. The van der Waals surface area contributed by atoms with Crippen LogP contribution in [0.4, 0.5) is 5.95 Å². The number of benzene rings is 2. The van der Waals surface area contributed by atoms with E-state index < -0.39 is 12.6 Å². The lowest BCUT2D eigenvalue weighted by Crippen LogP contribution is -2.10. The fourth-order valence-corrected chi connectivity index (χ4v) is 2.86. The highest BCUT2D eigenvalue weighted by Gasteiger charge is 2.19. The number of carboxylic acids is 1. The highest BCUT2D eigenvalue weighted by Crippen LogP contribution is 2.42. The van der Waals surface area contributed by atoms with Crippen LogP contribution in [0, 0.1) is 0 Å². The van der Waals surface area contributed by atoms with Crippen LogP contribution in [0.15, 0.2) is 30.3 Å². The number of fused-ring (bicyclic) bond motifs is 1. The molecule has 3 aromatic rings. The van der Waals surface area contributed by atoms with Crippen LogP contribution >= 0.6 is 34.8 Å². The first-order valence-electron chi connectivity index (χ1n) is 6.92. The number of nitrogen functional groups attached to an aromatic ring is 1. The van der Waals surface area contributed by atoms with Crippen LogP contribution in [0.2, 0.25) is 15.1 Å². The lowest BCUT2D eigenvalue weighted by atomic mass is 10.1. The second kappa shape index (κ2) is 6.92. The van der Waals surface area contributed by atoms with Gasteiger partial charge in [-0.05, 0) is 30.3 Å². The maximum absolute atomic E-state index is 10.9. The number of carbonyl (C=O) groups is 1. The minimum atomic E-state index is -1.16. The van der Waals surface area contributed by atoms with Gasteiger partial charge in [-0.2, -0.15) is 0 Å². The summed E-state index contributed by atoms with van der Waals surface area (Å²) in [6.45, 7) is -0.591. The molecule has 9 heteroatoms. The van der Waals surface area contributed by atoms with E-state index in [0.717, 1.165) is 0 Å². The standard InChI is InChI=1S/C16H10Cl3N3O3/c17-7-1-4-11-9(5-7)14(22-16(20)21-11)8-2-3-10(18)13(19)15(8)25-6-12(23)24/h1-5H,6H2,(H,23,24)(H2,20,21,22). The van der Waals surface area contributed by atoms with Crippen LogP contribution < -0.4 is 10.5 Å². The van der Waals surface area contributed by atoms with Gasteiger partial charge in [0.15, 0.2) is 6.61 Å². The van der Waals surface area contributed by atoms with Crippen molar-refractivity contribution in [3.05, 3.63) is 45.4 Å². The molecule has 1 aromatic heterocycles. The van der Waals surface area contributed by atoms with Gasteiger partial charge in [0.2, 0.25) is 5.95 Å². The Kier molecular flexibility index (Phi) is 4.85.